The Labute approximate surface area is 155 Å². The van der Waals surface area contributed by atoms with Crippen molar-refractivity contribution in [3.8, 4) is 11.6 Å². The Morgan fingerprint density at radius 3 is 2.33 bits per heavy atom. The molecule has 0 bridgehead atoms. The Kier molecular flexibility index (Phi) is 8.70. The quantitative estimate of drug-likeness (QED) is 0.523. The third-order valence-corrected chi connectivity index (χ3v) is 3.26. The van der Waals surface area contributed by atoms with Crippen LogP contribution in [0.5, 0.6) is 11.6 Å². The van der Waals surface area contributed by atoms with Crippen molar-refractivity contribution < 1.29 is 34.4 Å². The number of aliphatic carboxylic acids is 2. The van der Waals surface area contributed by atoms with E-state index in [0.717, 1.165) is 16.5 Å². The van der Waals surface area contributed by atoms with Crippen LogP contribution in [0.2, 0.25) is 0 Å². The van der Waals surface area contributed by atoms with Crippen LogP contribution in [0.25, 0.3) is 10.9 Å². The number of aliphatic hydroxyl groups excluding tert-OH is 1. The molecular formula is C18H22N2O7. The van der Waals surface area contributed by atoms with E-state index < -0.39 is 18.0 Å². The fourth-order valence-electron chi connectivity index (χ4n) is 2.07. The number of ether oxygens (including phenoxy) is 2. The van der Waals surface area contributed by atoms with Crippen LogP contribution in [0.4, 0.5) is 0 Å². The first-order chi connectivity index (χ1) is 12.8. The van der Waals surface area contributed by atoms with Gasteiger partial charge in [-0.25, -0.2) is 14.6 Å². The molecule has 2 aromatic rings. The topological polar surface area (TPSA) is 152 Å². The number of aromatic nitrogens is 1. The summed E-state index contributed by atoms with van der Waals surface area (Å²) in [6.45, 7) is 2.63. The van der Waals surface area contributed by atoms with Gasteiger partial charge in [0.1, 0.15) is 5.75 Å². The number of pyridine rings is 1. The van der Waals surface area contributed by atoms with Crippen LogP contribution in [-0.4, -0.2) is 52.5 Å². The number of aliphatic hydroxyl groups is 1. The summed E-state index contributed by atoms with van der Waals surface area (Å²) in [7, 11) is 1.59. The SMILES string of the molecule is CCOc1cc(OC)c2cc(C(O)CN)ccc2n1.O=C(O)/C=C\C(=O)O. The number of fused-ring (bicyclic) bond motifs is 1. The van der Waals surface area contributed by atoms with Crippen LogP contribution in [0.1, 0.15) is 18.6 Å². The summed E-state index contributed by atoms with van der Waals surface area (Å²) in [5.74, 6) is -1.32. The van der Waals surface area contributed by atoms with Crippen LogP contribution in [0, 0.1) is 0 Å². The van der Waals surface area contributed by atoms with Crippen molar-refractivity contribution in [1.29, 1.82) is 0 Å². The van der Waals surface area contributed by atoms with Crippen molar-refractivity contribution in [2.24, 2.45) is 5.73 Å². The lowest BCUT2D eigenvalue weighted by Crippen LogP contribution is -2.11. The van der Waals surface area contributed by atoms with E-state index in [0.29, 0.717) is 30.4 Å². The maximum Gasteiger partial charge on any atom is 0.328 e. The van der Waals surface area contributed by atoms with E-state index in [4.69, 9.17) is 25.4 Å². The van der Waals surface area contributed by atoms with E-state index in [1.807, 2.05) is 25.1 Å². The molecule has 0 aliphatic carbocycles. The molecule has 1 unspecified atom stereocenters. The number of hydrogen-bond acceptors (Lipinski definition) is 7. The number of nitrogens with zero attached hydrogens (tertiary/aromatic N) is 1. The Balaban J connectivity index is 0.000000387. The van der Waals surface area contributed by atoms with E-state index in [1.54, 1.807) is 13.2 Å². The molecule has 0 aliphatic rings. The predicted octanol–water partition coefficient (Wildman–Crippen LogP) is 1.35. The second-order valence-electron chi connectivity index (χ2n) is 5.13. The van der Waals surface area contributed by atoms with Gasteiger partial charge in [0.2, 0.25) is 5.88 Å². The first-order valence-corrected chi connectivity index (χ1v) is 7.95. The van der Waals surface area contributed by atoms with Gasteiger partial charge < -0.3 is 30.5 Å². The number of hydrogen-bond donors (Lipinski definition) is 4. The number of rotatable bonds is 7. The smallest absolute Gasteiger partial charge is 0.328 e. The van der Waals surface area contributed by atoms with Gasteiger partial charge in [-0.05, 0) is 24.6 Å². The normalized spacial score (nSPS) is 11.6. The van der Waals surface area contributed by atoms with Crippen molar-refractivity contribution in [1.82, 2.24) is 4.98 Å². The highest BCUT2D eigenvalue weighted by molar-refractivity contribution is 5.89. The molecule has 9 nitrogen and oxygen atoms in total. The van der Waals surface area contributed by atoms with Gasteiger partial charge >= 0.3 is 11.9 Å². The van der Waals surface area contributed by atoms with Crippen LogP contribution >= 0.6 is 0 Å². The second-order valence-corrected chi connectivity index (χ2v) is 5.13. The predicted molar refractivity (Wildman–Crippen MR) is 97.9 cm³/mol. The molecule has 0 amide bonds. The highest BCUT2D eigenvalue weighted by Crippen LogP contribution is 2.30. The monoisotopic (exact) mass is 378 g/mol. The largest absolute Gasteiger partial charge is 0.496 e. The van der Waals surface area contributed by atoms with Crippen molar-refractivity contribution >= 4 is 22.8 Å². The molecule has 1 heterocycles. The Hall–Kier alpha value is -3.17. The molecule has 0 radical (unpaired) electrons. The molecular weight excluding hydrogens is 356 g/mol. The number of nitrogens with two attached hydrogens (primary N) is 1. The Morgan fingerprint density at radius 2 is 1.85 bits per heavy atom. The molecule has 1 atom stereocenters. The minimum absolute atomic E-state index is 0.179. The molecule has 0 saturated heterocycles. The molecule has 1 aromatic carbocycles. The molecule has 1 aromatic heterocycles. The molecule has 2 rings (SSSR count). The molecule has 0 spiro atoms. The summed E-state index contributed by atoms with van der Waals surface area (Å²) in [5.41, 5.74) is 6.97. The zero-order valence-corrected chi connectivity index (χ0v) is 15.0. The van der Waals surface area contributed by atoms with Gasteiger partial charge in [0.05, 0.1) is 25.3 Å². The third-order valence-electron chi connectivity index (χ3n) is 3.26. The summed E-state index contributed by atoms with van der Waals surface area (Å²) in [6, 6.07) is 7.22. The zero-order valence-electron chi connectivity index (χ0n) is 15.0. The van der Waals surface area contributed by atoms with Crippen LogP contribution in [0.3, 0.4) is 0 Å². The Bertz CT molecular complexity index is 805. The molecule has 0 saturated carbocycles. The molecule has 0 fully saturated rings. The van der Waals surface area contributed by atoms with E-state index in [-0.39, 0.29) is 6.54 Å². The number of carbonyl (C=O) groups is 2. The average molecular weight is 378 g/mol. The number of benzene rings is 1. The number of carboxylic acids is 2. The van der Waals surface area contributed by atoms with Gasteiger partial charge in [-0.15, -0.1) is 0 Å². The van der Waals surface area contributed by atoms with E-state index in [2.05, 4.69) is 4.98 Å². The molecule has 5 N–H and O–H groups in total. The molecule has 146 valence electrons. The third kappa shape index (κ3) is 6.92. The highest BCUT2D eigenvalue weighted by atomic mass is 16.5. The van der Waals surface area contributed by atoms with Crippen molar-refractivity contribution in [2.75, 3.05) is 20.3 Å². The van der Waals surface area contributed by atoms with Crippen molar-refractivity contribution in [2.45, 2.75) is 13.0 Å². The summed E-state index contributed by atoms with van der Waals surface area (Å²) in [4.78, 5) is 23.5. The fraction of sp³-hybridized carbons (Fsp3) is 0.278. The highest BCUT2D eigenvalue weighted by Gasteiger charge is 2.11. The lowest BCUT2D eigenvalue weighted by atomic mass is 10.1. The van der Waals surface area contributed by atoms with Gasteiger partial charge in [-0.2, -0.15) is 0 Å². The van der Waals surface area contributed by atoms with Gasteiger partial charge in [-0.3, -0.25) is 0 Å². The summed E-state index contributed by atoms with van der Waals surface area (Å²) >= 11 is 0. The van der Waals surface area contributed by atoms with Gasteiger partial charge in [-0.1, -0.05) is 6.07 Å². The van der Waals surface area contributed by atoms with E-state index >= 15 is 0 Å². The van der Waals surface area contributed by atoms with Crippen molar-refractivity contribution in [3.63, 3.8) is 0 Å². The minimum Gasteiger partial charge on any atom is -0.496 e. The standard InChI is InChI=1S/C14H18N2O3.C4H4O4/c1-3-19-14-7-13(18-2)10-6-9(12(17)8-15)4-5-11(10)16-14;5-3(6)1-2-4(7)8/h4-7,12,17H,3,8,15H2,1-2H3;1-2H,(H,5,6)(H,7,8)/b;2-1-. The molecule has 0 aliphatic heterocycles. The maximum absolute atomic E-state index is 9.78. The van der Waals surface area contributed by atoms with Crippen LogP contribution in [-0.2, 0) is 9.59 Å². The lowest BCUT2D eigenvalue weighted by Gasteiger charge is -2.12. The first-order valence-electron chi connectivity index (χ1n) is 7.95. The molecule has 27 heavy (non-hydrogen) atoms. The summed E-state index contributed by atoms with van der Waals surface area (Å²) in [6.07, 6.45) is 0.436. The van der Waals surface area contributed by atoms with Crippen LogP contribution < -0.4 is 15.2 Å². The average Bonchev–Trinajstić information content (AvgIpc) is 2.65. The first kappa shape index (κ1) is 21.9. The summed E-state index contributed by atoms with van der Waals surface area (Å²) < 4.78 is 10.7. The number of carboxylic acid groups (broad SMARTS) is 2. The fourth-order valence-corrected chi connectivity index (χ4v) is 2.07. The molecule has 9 heteroatoms. The number of methoxy groups -OCH3 is 1. The van der Waals surface area contributed by atoms with E-state index in [9.17, 15) is 14.7 Å². The lowest BCUT2D eigenvalue weighted by molar-refractivity contribution is -0.134. The van der Waals surface area contributed by atoms with Gasteiger partial charge in [0.15, 0.2) is 0 Å². The second kappa shape index (κ2) is 10.7. The van der Waals surface area contributed by atoms with Gasteiger partial charge in [0.25, 0.3) is 0 Å². The van der Waals surface area contributed by atoms with Crippen molar-refractivity contribution in [3.05, 3.63) is 42.0 Å². The summed E-state index contributed by atoms with van der Waals surface area (Å²) in [5, 5.41) is 26.2. The zero-order chi connectivity index (χ0) is 20.4. The Morgan fingerprint density at radius 1 is 1.22 bits per heavy atom. The minimum atomic E-state index is -1.26. The maximum atomic E-state index is 9.78. The van der Waals surface area contributed by atoms with Gasteiger partial charge in [0, 0.05) is 30.1 Å². The van der Waals surface area contributed by atoms with E-state index in [1.165, 1.54) is 0 Å². The van der Waals surface area contributed by atoms with Crippen LogP contribution in [0.15, 0.2) is 36.4 Å².